The molecule has 2 fully saturated rings. The quantitative estimate of drug-likeness (QED) is 0.753. The maximum atomic E-state index is 12.4. The standard InChI is InChI=1S/C16H25N5O3/c1-13-11-14(23-2)18-16(17-13)21-5-3-20(4-6-21)15(22)12-19-7-9-24-10-8-19/h11H,3-10,12H2,1-2H3. The largest absolute Gasteiger partial charge is 0.481 e. The number of methoxy groups -OCH3 is 1. The number of piperazine rings is 1. The lowest BCUT2D eigenvalue weighted by Crippen LogP contribution is -2.52. The highest BCUT2D eigenvalue weighted by atomic mass is 16.5. The van der Waals surface area contributed by atoms with Crippen LogP contribution in [0.15, 0.2) is 6.07 Å². The van der Waals surface area contributed by atoms with Crippen molar-refractivity contribution in [3.63, 3.8) is 0 Å². The predicted octanol–water partition coefficient (Wildman–Crippen LogP) is -0.226. The second kappa shape index (κ2) is 7.76. The number of carbonyl (C=O) groups excluding carboxylic acids is 1. The number of rotatable bonds is 4. The maximum absolute atomic E-state index is 12.4. The number of aryl methyl sites for hydroxylation is 1. The summed E-state index contributed by atoms with van der Waals surface area (Å²) in [5.74, 6) is 1.44. The van der Waals surface area contributed by atoms with Gasteiger partial charge in [0.2, 0.25) is 17.7 Å². The lowest BCUT2D eigenvalue weighted by atomic mass is 10.3. The Morgan fingerprint density at radius 2 is 1.88 bits per heavy atom. The third kappa shape index (κ3) is 4.12. The van der Waals surface area contributed by atoms with Gasteiger partial charge in [-0.2, -0.15) is 4.98 Å². The molecule has 0 aliphatic carbocycles. The van der Waals surface area contributed by atoms with Crippen molar-refractivity contribution in [3.8, 4) is 5.88 Å². The zero-order chi connectivity index (χ0) is 16.9. The third-order valence-electron chi connectivity index (χ3n) is 4.41. The molecule has 0 aromatic carbocycles. The van der Waals surface area contributed by atoms with E-state index in [9.17, 15) is 4.79 Å². The number of ether oxygens (including phenoxy) is 2. The maximum Gasteiger partial charge on any atom is 0.236 e. The second-order valence-corrected chi connectivity index (χ2v) is 6.11. The second-order valence-electron chi connectivity index (χ2n) is 6.11. The van der Waals surface area contributed by atoms with Gasteiger partial charge in [-0.15, -0.1) is 0 Å². The van der Waals surface area contributed by atoms with Gasteiger partial charge < -0.3 is 19.3 Å². The van der Waals surface area contributed by atoms with Crippen LogP contribution in [0.25, 0.3) is 0 Å². The molecule has 0 bridgehead atoms. The Hall–Kier alpha value is -1.93. The Labute approximate surface area is 142 Å². The van der Waals surface area contributed by atoms with E-state index < -0.39 is 0 Å². The van der Waals surface area contributed by atoms with Crippen LogP contribution in [-0.4, -0.2) is 91.8 Å². The number of amides is 1. The summed E-state index contributed by atoms with van der Waals surface area (Å²) in [7, 11) is 1.60. The topological polar surface area (TPSA) is 71.0 Å². The number of anilines is 1. The normalized spacial score (nSPS) is 19.4. The van der Waals surface area contributed by atoms with Gasteiger partial charge in [-0.05, 0) is 6.92 Å². The Kier molecular flexibility index (Phi) is 5.47. The molecule has 0 unspecified atom stereocenters. The van der Waals surface area contributed by atoms with E-state index in [0.717, 1.165) is 31.9 Å². The average molecular weight is 335 g/mol. The first-order valence-electron chi connectivity index (χ1n) is 8.38. The van der Waals surface area contributed by atoms with Gasteiger partial charge in [0, 0.05) is 51.0 Å². The van der Waals surface area contributed by atoms with Crippen LogP contribution in [-0.2, 0) is 9.53 Å². The van der Waals surface area contributed by atoms with Crippen LogP contribution in [0.3, 0.4) is 0 Å². The number of hydrogen-bond donors (Lipinski definition) is 0. The number of hydrogen-bond acceptors (Lipinski definition) is 7. The molecule has 8 heteroatoms. The van der Waals surface area contributed by atoms with Crippen molar-refractivity contribution in [1.82, 2.24) is 19.8 Å². The van der Waals surface area contributed by atoms with Gasteiger partial charge >= 0.3 is 0 Å². The summed E-state index contributed by atoms with van der Waals surface area (Å²) in [6, 6.07) is 1.81. The van der Waals surface area contributed by atoms with Crippen LogP contribution in [0.4, 0.5) is 5.95 Å². The fourth-order valence-corrected chi connectivity index (χ4v) is 2.98. The molecular formula is C16H25N5O3. The van der Waals surface area contributed by atoms with Gasteiger partial charge in [-0.1, -0.05) is 0 Å². The molecule has 0 atom stereocenters. The summed E-state index contributed by atoms with van der Waals surface area (Å²) in [4.78, 5) is 27.5. The molecule has 0 radical (unpaired) electrons. The summed E-state index contributed by atoms with van der Waals surface area (Å²) in [6.45, 7) is 8.38. The molecule has 0 spiro atoms. The first-order valence-corrected chi connectivity index (χ1v) is 8.38. The molecule has 2 saturated heterocycles. The van der Waals surface area contributed by atoms with Gasteiger partial charge in [-0.3, -0.25) is 9.69 Å². The highest BCUT2D eigenvalue weighted by molar-refractivity contribution is 5.78. The molecule has 0 N–H and O–H groups in total. The SMILES string of the molecule is COc1cc(C)nc(N2CCN(C(=O)CN3CCOCC3)CC2)n1. The van der Waals surface area contributed by atoms with Gasteiger partial charge in [0.15, 0.2) is 0 Å². The first kappa shape index (κ1) is 16.9. The van der Waals surface area contributed by atoms with Crippen molar-refractivity contribution in [3.05, 3.63) is 11.8 Å². The number of carbonyl (C=O) groups is 1. The van der Waals surface area contributed by atoms with Crippen molar-refractivity contribution in [1.29, 1.82) is 0 Å². The van der Waals surface area contributed by atoms with Crippen LogP contribution < -0.4 is 9.64 Å². The van der Waals surface area contributed by atoms with Crippen LogP contribution in [0, 0.1) is 6.92 Å². The molecule has 8 nitrogen and oxygen atoms in total. The first-order chi connectivity index (χ1) is 11.7. The Balaban J connectivity index is 1.53. The van der Waals surface area contributed by atoms with E-state index in [1.807, 2.05) is 17.9 Å². The highest BCUT2D eigenvalue weighted by Gasteiger charge is 2.24. The van der Waals surface area contributed by atoms with Crippen molar-refractivity contribution < 1.29 is 14.3 Å². The fraction of sp³-hybridized carbons (Fsp3) is 0.688. The van der Waals surface area contributed by atoms with Gasteiger partial charge in [0.25, 0.3) is 0 Å². The predicted molar refractivity (Wildman–Crippen MR) is 89.4 cm³/mol. The van der Waals surface area contributed by atoms with Crippen molar-refractivity contribution >= 4 is 11.9 Å². The minimum absolute atomic E-state index is 0.194. The molecule has 132 valence electrons. The molecule has 2 aliphatic rings. The van der Waals surface area contributed by atoms with Gasteiger partial charge in [-0.25, -0.2) is 4.98 Å². The monoisotopic (exact) mass is 335 g/mol. The van der Waals surface area contributed by atoms with Crippen LogP contribution in [0.5, 0.6) is 5.88 Å². The van der Waals surface area contributed by atoms with Crippen LogP contribution in [0.1, 0.15) is 5.69 Å². The lowest BCUT2D eigenvalue weighted by molar-refractivity contribution is -0.133. The Morgan fingerprint density at radius 1 is 1.17 bits per heavy atom. The molecule has 0 saturated carbocycles. The molecule has 3 rings (SSSR count). The number of aromatic nitrogens is 2. The van der Waals surface area contributed by atoms with E-state index in [1.54, 1.807) is 7.11 Å². The molecule has 1 aromatic rings. The summed E-state index contributed by atoms with van der Waals surface area (Å²) in [6.07, 6.45) is 0. The van der Waals surface area contributed by atoms with E-state index in [4.69, 9.17) is 9.47 Å². The Morgan fingerprint density at radius 3 is 2.54 bits per heavy atom. The summed E-state index contributed by atoms with van der Waals surface area (Å²) < 4.78 is 10.5. The van der Waals surface area contributed by atoms with Crippen molar-refractivity contribution in [2.45, 2.75) is 6.92 Å². The minimum atomic E-state index is 0.194. The average Bonchev–Trinajstić information content (AvgIpc) is 2.62. The summed E-state index contributed by atoms with van der Waals surface area (Å²) in [5.41, 5.74) is 0.877. The van der Waals surface area contributed by atoms with E-state index >= 15 is 0 Å². The van der Waals surface area contributed by atoms with Crippen molar-refractivity contribution in [2.75, 3.05) is 71.0 Å². The van der Waals surface area contributed by atoms with E-state index in [1.165, 1.54) is 0 Å². The fourth-order valence-electron chi connectivity index (χ4n) is 2.98. The zero-order valence-electron chi connectivity index (χ0n) is 14.4. The highest BCUT2D eigenvalue weighted by Crippen LogP contribution is 2.17. The van der Waals surface area contributed by atoms with E-state index in [-0.39, 0.29) is 5.91 Å². The molecular weight excluding hydrogens is 310 g/mol. The van der Waals surface area contributed by atoms with Crippen molar-refractivity contribution in [2.24, 2.45) is 0 Å². The van der Waals surface area contributed by atoms with Gasteiger partial charge in [0.1, 0.15) is 0 Å². The zero-order valence-corrected chi connectivity index (χ0v) is 14.4. The molecule has 24 heavy (non-hydrogen) atoms. The molecule has 1 aromatic heterocycles. The van der Waals surface area contributed by atoms with E-state index in [2.05, 4.69) is 19.8 Å². The molecule has 1 amide bonds. The van der Waals surface area contributed by atoms with Crippen LogP contribution in [0.2, 0.25) is 0 Å². The summed E-state index contributed by atoms with van der Waals surface area (Å²) >= 11 is 0. The van der Waals surface area contributed by atoms with E-state index in [0.29, 0.717) is 44.7 Å². The van der Waals surface area contributed by atoms with Crippen LogP contribution >= 0.6 is 0 Å². The van der Waals surface area contributed by atoms with Gasteiger partial charge in [0.05, 0.1) is 26.9 Å². The summed E-state index contributed by atoms with van der Waals surface area (Å²) in [5, 5.41) is 0. The third-order valence-corrected chi connectivity index (χ3v) is 4.41. The smallest absolute Gasteiger partial charge is 0.236 e. The minimum Gasteiger partial charge on any atom is -0.481 e. The number of morpholine rings is 1. The lowest BCUT2D eigenvalue weighted by Gasteiger charge is -2.36. The Bertz CT molecular complexity index is 569. The number of nitrogens with zero attached hydrogens (tertiary/aromatic N) is 5. The molecule has 2 aliphatic heterocycles. The molecule has 3 heterocycles.